The van der Waals surface area contributed by atoms with Crippen LogP contribution in [0.2, 0.25) is 5.02 Å². The first-order valence-electron chi connectivity index (χ1n) is 8.32. The highest BCUT2D eigenvalue weighted by Crippen LogP contribution is 2.32. The topological polar surface area (TPSA) is 62.3 Å². The third kappa shape index (κ3) is 2.82. The molecule has 1 aliphatic heterocycles. The lowest BCUT2D eigenvalue weighted by Crippen LogP contribution is -2.40. The lowest BCUT2D eigenvalue weighted by Gasteiger charge is -2.22. The van der Waals surface area contributed by atoms with Crippen molar-refractivity contribution in [2.75, 3.05) is 0 Å². The van der Waals surface area contributed by atoms with Crippen molar-refractivity contribution in [2.45, 2.75) is 19.0 Å². The molecule has 1 aliphatic rings. The molecule has 1 saturated heterocycles. The van der Waals surface area contributed by atoms with Gasteiger partial charge < -0.3 is 5.32 Å². The molecule has 1 N–H and O–H groups in total. The van der Waals surface area contributed by atoms with E-state index in [-0.39, 0.29) is 6.54 Å². The first-order valence-corrected chi connectivity index (χ1v) is 8.70. The zero-order chi connectivity index (χ0) is 19.2. The Bertz CT molecular complexity index is 1090. The van der Waals surface area contributed by atoms with E-state index in [0.717, 1.165) is 4.90 Å². The number of carbonyl (C=O) groups is 2. The van der Waals surface area contributed by atoms with Gasteiger partial charge in [-0.15, -0.1) is 0 Å². The first kappa shape index (κ1) is 17.4. The molecule has 1 fully saturated rings. The lowest BCUT2D eigenvalue weighted by atomic mass is 9.92. The Kier molecular flexibility index (Phi) is 4.08. The van der Waals surface area contributed by atoms with Crippen LogP contribution in [0.5, 0.6) is 0 Å². The van der Waals surface area contributed by atoms with Crippen molar-refractivity contribution in [1.29, 1.82) is 0 Å². The molecule has 2 heterocycles. The van der Waals surface area contributed by atoms with E-state index < -0.39 is 23.3 Å². The normalized spacial score (nSPS) is 19.6. The zero-order valence-corrected chi connectivity index (χ0v) is 15.1. The minimum Gasteiger partial charge on any atom is -0.319 e. The molecule has 0 radical (unpaired) electrons. The van der Waals surface area contributed by atoms with Gasteiger partial charge in [-0.3, -0.25) is 14.7 Å². The van der Waals surface area contributed by atoms with Crippen molar-refractivity contribution in [2.24, 2.45) is 0 Å². The maximum absolute atomic E-state index is 14.0. The average Bonchev–Trinajstić information content (AvgIpc) is 2.88. The average molecular weight is 384 g/mol. The van der Waals surface area contributed by atoms with E-state index in [0.29, 0.717) is 27.1 Å². The summed E-state index contributed by atoms with van der Waals surface area (Å²) >= 11 is 6.03. The van der Waals surface area contributed by atoms with Crippen LogP contribution in [0, 0.1) is 5.82 Å². The van der Waals surface area contributed by atoms with Gasteiger partial charge in [-0.25, -0.2) is 9.18 Å². The number of fused-ring (bicyclic) bond motifs is 1. The van der Waals surface area contributed by atoms with Crippen LogP contribution in [0.25, 0.3) is 10.9 Å². The van der Waals surface area contributed by atoms with E-state index in [1.807, 2.05) is 0 Å². The molecular formula is C20H15ClFN3O2. The third-order valence-corrected chi connectivity index (χ3v) is 5.04. The number of aromatic nitrogens is 1. The third-order valence-electron chi connectivity index (χ3n) is 4.81. The molecule has 27 heavy (non-hydrogen) atoms. The van der Waals surface area contributed by atoms with Crippen molar-refractivity contribution < 1.29 is 14.0 Å². The highest BCUT2D eigenvalue weighted by Gasteiger charge is 2.49. The van der Waals surface area contributed by atoms with Crippen LogP contribution in [0.1, 0.15) is 18.1 Å². The van der Waals surface area contributed by atoms with E-state index >= 15 is 0 Å². The summed E-state index contributed by atoms with van der Waals surface area (Å²) in [6, 6.07) is 12.4. The van der Waals surface area contributed by atoms with Crippen LogP contribution in [0.4, 0.5) is 9.18 Å². The van der Waals surface area contributed by atoms with Crippen molar-refractivity contribution in [3.8, 4) is 0 Å². The number of nitrogens with one attached hydrogen (secondary N) is 1. The van der Waals surface area contributed by atoms with E-state index in [9.17, 15) is 14.0 Å². The lowest BCUT2D eigenvalue weighted by molar-refractivity contribution is -0.131. The molecule has 5 nitrogen and oxygen atoms in total. The number of halogens is 2. The van der Waals surface area contributed by atoms with Gasteiger partial charge in [0.1, 0.15) is 11.4 Å². The highest BCUT2D eigenvalue weighted by molar-refractivity contribution is 6.30. The summed E-state index contributed by atoms with van der Waals surface area (Å²) in [6.45, 7) is 1.63. The fourth-order valence-electron chi connectivity index (χ4n) is 3.33. The number of hydrogen-bond donors (Lipinski definition) is 1. The second-order valence-electron chi connectivity index (χ2n) is 6.56. The number of rotatable bonds is 3. The number of imide groups is 1. The van der Waals surface area contributed by atoms with Gasteiger partial charge in [0.15, 0.2) is 0 Å². The molecule has 0 aliphatic carbocycles. The van der Waals surface area contributed by atoms with Crippen LogP contribution >= 0.6 is 11.6 Å². The van der Waals surface area contributed by atoms with Gasteiger partial charge in [-0.1, -0.05) is 29.8 Å². The van der Waals surface area contributed by atoms with Gasteiger partial charge in [0.2, 0.25) is 0 Å². The Balaban J connectivity index is 1.71. The minimum absolute atomic E-state index is 0.00534. The van der Waals surface area contributed by atoms with Crippen LogP contribution in [-0.2, 0) is 16.9 Å². The fraction of sp³-hybridized carbons (Fsp3) is 0.150. The molecular weight excluding hydrogens is 369 g/mol. The quantitative estimate of drug-likeness (QED) is 0.695. The van der Waals surface area contributed by atoms with Crippen molar-refractivity contribution in [3.63, 3.8) is 0 Å². The van der Waals surface area contributed by atoms with E-state index in [4.69, 9.17) is 11.6 Å². The summed E-state index contributed by atoms with van der Waals surface area (Å²) < 4.78 is 14.0. The fourth-order valence-corrected chi connectivity index (χ4v) is 3.52. The Morgan fingerprint density at radius 1 is 1.19 bits per heavy atom. The number of amides is 3. The molecule has 136 valence electrons. The van der Waals surface area contributed by atoms with Gasteiger partial charge >= 0.3 is 6.03 Å². The molecule has 0 saturated carbocycles. The van der Waals surface area contributed by atoms with E-state index in [2.05, 4.69) is 10.3 Å². The number of hydrogen-bond acceptors (Lipinski definition) is 3. The number of carbonyl (C=O) groups excluding carboxylic acids is 2. The molecule has 0 spiro atoms. The van der Waals surface area contributed by atoms with Crippen molar-refractivity contribution in [1.82, 2.24) is 15.2 Å². The molecule has 1 atom stereocenters. The van der Waals surface area contributed by atoms with Crippen molar-refractivity contribution in [3.05, 3.63) is 76.7 Å². The predicted molar refractivity (Wildman–Crippen MR) is 99.6 cm³/mol. The van der Waals surface area contributed by atoms with E-state index in [1.165, 1.54) is 6.07 Å². The summed E-state index contributed by atoms with van der Waals surface area (Å²) in [5, 5.41) is 3.56. The number of urea groups is 1. The summed E-state index contributed by atoms with van der Waals surface area (Å²) in [5.74, 6) is -0.800. The van der Waals surface area contributed by atoms with Gasteiger partial charge in [-0.05, 0) is 48.4 Å². The van der Waals surface area contributed by atoms with Gasteiger partial charge in [0.25, 0.3) is 5.91 Å². The smallest absolute Gasteiger partial charge is 0.319 e. The maximum atomic E-state index is 14.0. The Labute approximate surface area is 159 Å². The summed E-state index contributed by atoms with van der Waals surface area (Å²) in [4.78, 5) is 30.9. The summed E-state index contributed by atoms with van der Waals surface area (Å²) in [6.07, 6.45) is 1.55. The van der Waals surface area contributed by atoms with Gasteiger partial charge in [0.05, 0.1) is 12.1 Å². The Hall–Kier alpha value is -2.99. The molecule has 2 aromatic carbocycles. The molecule has 3 aromatic rings. The number of pyridine rings is 1. The SMILES string of the molecule is CC1(c2cccc(Cl)c2)NC(=O)N(Cc2ccc(F)c3cccnc23)C1=O. The molecule has 7 heteroatoms. The summed E-state index contributed by atoms with van der Waals surface area (Å²) in [7, 11) is 0. The predicted octanol–water partition coefficient (Wildman–Crippen LogP) is 3.99. The van der Waals surface area contributed by atoms with Crippen LogP contribution in [-0.4, -0.2) is 21.8 Å². The van der Waals surface area contributed by atoms with Crippen LogP contribution in [0.3, 0.4) is 0 Å². The summed E-state index contributed by atoms with van der Waals surface area (Å²) in [5.41, 5.74) is 0.392. The standard InChI is InChI=1S/C20H15ClFN3O2/c1-20(13-4-2-5-14(21)10-13)18(26)25(19(27)24-20)11-12-7-8-16(22)15-6-3-9-23-17(12)15/h2-10H,11H2,1H3,(H,24,27). The monoisotopic (exact) mass is 383 g/mol. The highest BCUT2D eigenvalue weighted by atomic mass is 35.5. The number of benzene rings is 2. The van der Waals surface area contributed by atoms with Gasteiger partial charge in [0, 0.05) is 16.6 Å². The second kappa shape index (κ2) is 6.32. The van der Waals surface area contributed by atoms with Crippen LogP contribution < -0.4 is 5.32 Å². The van der Waals surface area contributed by atoms with Gasteiger partial charge in [-0.2, -0.15) is 0 Å². The van der Waals surface area contributed by atoms with Crippen molar-refractivity contribution >= 4 is 34.4 Å². The number of nitrogens with zero attached hydrogens (tertiary/aromatic N) is 2. The first-order chi connectivity index (χ1) is 12.9. The molecule has 1 unspecified atom stereocenters. The Morgan fingerprint density at radius 3 is 2.78 bits per heavy atom. The molecule has 4 rings (SSSR count). The molecule has 0 bridgehead atoms. The maximum Gasteiger partial charge on any atom is 0.325 e. The largest absolute Gasteiger partial charge is 0.325 e. The molecule has 3 amide bonds. The zero-order valence-electron chi connectivity index (χ0n) is 14.4. The Morgan fingerprint density at radius 2 is 2.00 bits per heavy atom. The van der Waals surface area contributed by atoms with Crippen LogP contribution in [0.15, 0.2) is 54.7 Å². The second-order valence-corrected chi connectivity index (χ2v) is 7.00. The molecule has 1 aromatic heterocycles. The minimum atomic E-state index is -1.22. The van der Waals surface area contributed by atoms with E-state index in [1.54, 1.807) is 55.6 Å².